The van der Waals surface area contributed by atoms with Crippen molar-refractivity contribution in [2.75, 3.05) is 34.4 Å². The molecule has 1 atom stereocenters. The van der Waals surface area contributed by atoms with Gasteiger partial charge < -0.3 is 20.1 Å². The summed E-state index contributed by atoms with van der Waals surface area (Å²) in [6.45, 7) is 1.29. The number of benzene rings is 1. The lowest BCUT2D eigenvalue weighted by atomic mass is 10.3. The van der Waals surface area contributed by atoms with Crippen molar-refractivity contribution in [3.05, 3.63) is 24.3 Å². The third kappa shape index (κ3) is 4.08. The molecule has 16 heavy (non-hydrogen) atoms. The molecule has 1 aromatic rings. The number of hydrogen-bond donors (Lipinski definition) is 1. The van der Waals surface area contributed by atoms with E-state index in [4.69, 9.17) is 15.2 Å². The number of hydrogen-bond acceptors (Lipinski definition) is 4. The molecule has 4 heteroatoms. The van der Waals surface area contributed by atoms with Gasteiger partial charge in [0, 0.05) is 6.54 Å². The normalized spacial score (nSPS) is 12.6. The zero-order chi connectivity index (χ0) is 12.0. The largest absolute Gasteiger partial charge is 0.493 e. The van der Waals surface area contributed by atoms with Gasteiger partial charge in [-0.3, -0.25) is 0 Å². The summed E-state index contributed by atoms with van der Waals surface area (Å²) in [5.41, 5.74) is 5.91. The SMILES string of the molecule is COc1ccccc1OCC(N)CN(C)C. The van der Waals surface area contributed by atoms with E-state index in [1.165, 1.54) is 0 Å². The van der Waals surface area contributed by atoms with Crippen molar-refractivity contribution in [3.63, 3.8) is 0 Å². The Labute approximate surface area is 96.9 Å². The van der Waals surface area contributed by atoms with Gasteiger partial charge in [0.1, 0.15) is 6.61 Å². The number of methoxy groups -OCH3 is 1. The Kier molecular flexibility index (Phi) is 5.08. The minimum Gasteiger partial charge on any atom is -0.493 e. The third-order valence-corrected chi connectivity index (χ3v) is 2.12. The number of para-hydroxylation sites is 2. The van der Waals surface area contributed by atoms with Crippen LogP contribution in [0.1, 0.15) is 0 Å². The second-order valence-corrected chi connectivity index (χ2v) is 3.98. The van der Waals surface area contributed by atoms with E-state index in [0.29, 0.717) is 6.61 Å². The van der Waals surface area contributed by atoms with Crippen LogP contribution in [0.5, 0.6) is 11.5 Å². The van der Waals surface area contributed by atoms with Crippen molar-refractivity contribution in [2.45, 2.75) is 6.04 Å². The Morgan fingerprint density at radius 3 is 2.44 bits per heavy atom. The summed E-state index contributed by atoms with van der Waals surface area (Å²) in [5.74, 6) is 1.47. The molecule has 1 unspecified atom stereocenters. The third-order valence-electron chi connectivity index (χ3n) is 2.12. The lowest BCUT2D eigenvalue weighted by Gasteiger charge is -2.18. The van der Waals surface area contributed by atoms with Crippen molar-refractivity contribution in [1.29, 1.82) is 0 Å². The summed E-state index contributed by atoms with van der Waals surface area (Å²) < 4.78 is 10.8. The van der Waals surface area contributed by atoms with E-state index >= 15 is 0 Å². The Bertz CT molecular complexity index is 316. The maximum absolute atomic E-state index is 5.91. The van der Waals surface area contributed by atoms with Crippen LogP contribution in [0.25, 0.3) is 0 Å². The molecule has 0 radical (unpaired) electrons. The highest BCUT2D eigenvalue weighted by atomic mass is 16.5. The van der Waals surface area contributed by atoms with Crippen molar-refractivity contribution in [3.8, 4) is 11.5 Å². The monoisotopic (exact) mass is 224 g/mol. The van der Waals surface area contributed by atoms with Gasteiger partial charge in [-0.15, -0.1) is 0 Å². The van der Waals surface area contributed by atoms with Gasteiger partial charge in [-0.2, -0.15) is 0 Å². The van der Waals surface area contributed by atoms with Crippen LogP contribution in [0.3, 0.4) is 0 Å². The fourth-order valence-corrected chi connectivity index (χ4v) is 1.46. The van der Waals surface area contributed by atoms with Gasteiger partial charge in [0.05, 0.1) is 13.2 Å². The molecular formula is C12H20N2O2. The summed E-state index contributed by atoms with van der Waals surface area (Å²) in [6.07, 6.45) is 0. The molecule has 4 nitrogen and oxygen atoms in total. The molecule has 90 valence electrons. The summed E-state index contributed by atoms with van der Waals surface area (Å²) >= 11 is 0. The number of nitrogens with zero attached hydrogens (tertiary/aromatic N) is 1. The first-order valence-corrected chi connectivity index (χ1v) is 5.29. The van der Waals surface area contributed by atoms with Gasteiger partial charge in [0.15, 0.2) is 11.5 Å². The number of ether oxygens (including phenoxy) is 2. The van der Waals surface area contributed by atoms with Gasteiger partial charge in [-0.25, -0.2) is 0 Å². The van der Waals surface area contributed by atoms with Crippen molar-refractivity contribution in [1.82, 2.24) is 4.90 Å². The molecule has 0 amide bonds. The van der Waals surface area contributed by atoms with E-state index in [-0.39, 0.29) is 6.04 Å². The summed E-state index contributed by atoms with van der Waals surface area (Å²) in [6, 6.07) is 7.56. The van der Waals surface area contributed by atoms with Crippen molar-refractivity contribution in [2.24, 2.45) is 5.73 Å². The summed E-state index contributed by atoms with van der Waals surface area (Å²) in [4.78, 5) is 2.04. The lowest BCUT2D eigenvalue weighted by molar-refractivity contribution is 0.244. The standard InChI is InChI=1S/C12H20N2O2/c1-14(2)8-10(13)9-16-12-7-5-4-6-11(12)15-3/h4-7,10H,8-9,13H2,1-3H3. The molecule has 0 spiro atoms. The highest BCUT2D eigenvalue weighted by Crippen LogP contribution is 2.25. The zero-order valence-corrected chi connectivity index (χ0v) is 10.1. The molecule has 0 saturated heterocycles. The van der Waals surface area contributed by atoms with E-state index in [2.05, 4.69) is 0 Å². The summed E-state index contributed by atoms with van der Waals surface area (Å²) in [7, 11) is 5.61. The maximum Gasteiger partial charge on any atom is 0.161 e. The molecule has 0 aliphatic rings. The molecule has 0 saturated carbocycles. The minimum absolute atomic E-state index is 0.0000813. The van der Waals surface area contributed by atoms with Gasteiger partial charge in [0.25, 0.3) is 0 Å². The van der Waals surface area contributed by atoms with E-state index in [1.807, 2.05) is 43.3 Å². The maximum atomic E-state index is 5.91. The Morgan fingerprint density at radius 2 is 1.88 bits per heavy atom. The fourth-order valence-electron chi connectivity index (χ4n) is 1.46. The quantitative estimate of drug-likeness (QED) is 0.782. The Morgan fingerprint density at radius 1 is 1.25 bits per heavy atom. The van der Waals surface area contributed by atoms with Crippen LogP contribution in [-0.4, -0.2) is 45.3 Å². The Hall–Kier alpha value is -1.26. The zero-order valence-electron chi connectivity index (χ0n) is 10.1. The first-order valence-electron chi connectivity index (χ1n) is 5.29. The topological polar surface area (TPSA) is 47.7 Å². The minimum atomic E-state index is -0.0000813. The average Bonchev–Trinajstić information content (AvgIpc) is 2.26. The highest BCUT2D eigenvalue weighted by molar-refractivity contribution is 5.39. The van der Waals surface area contributed by atoms with Gasteiger partial charge in [-0.1, -0.05) is 12.1 Å². The van der Waals surface area contributed by atoms with Gasteiger partial charge in [0.2, 0.25) is 0 Å². The van der Waals surface area contributed by atoms with Crippen LogP contribution in [0.15, 0.2) is 24.3 Å². The van der Waals surface area contributed by atoms with E-state index in [0.717, 1.165) is 18.0 Å². The molecule has 0 aliphatic heterocycles. The van der Waals surface area contributed by atoms with E-state index < -0.39 is 0 Å². The first kappa shape index (κ1) is 12.8. The second kappa shape index (κ2) is 6.35. The lowest BCUT2D eigenvalue weighted by Crippen LogP contribution is -2.37. The number of likely N-dealkylation sites (N-methyl/N-ethyl adjacent to an activating group) is 1. The first-order chi connectivity index (χ1) is 7.63. The van der Waals surface area contributed by atoms with Crippen LogP contribution in [-0.2, 0) is 0 Å². The predicted octanol–water partition coefficient (Wildman–Crippen LogP) is 0.963. The second-order valence-electron chi connectivity index (χ2n) is 3.98. The van der Waals surface area contributed by atoms with Crippen molar-refractivity contribution < 1.29 is 9.47 Å². The Balaban J connectivity index is 2.47. The van der Waals surface area contributed by atoms with Crippen LogP contribution in [0.2, 0.25) is 0 Å². The molecule has 0 bridgehead atoms. The smallest absolute Gasteiger partial charge is 0.161 e. The highest BCUT2D eigenvalue weighted by Gasteiger charge is 2.07. The van der Waals surface area contributed by atoms with Crippen LogP contribution < -0.4 is 15.2 Å². The summed E-state index contributed by atoms with van der Waals surface area (Å²) in [5, 5.41) is 0. The van der Waals surface area contributed by atoms with E-state index in [1.54, 1.807) is 7.11 Å². The fraction of sp³-hybridized carbons (Fsp3) is 0.500. The molecular weight excluding hydrogens is 204 g/mol. The molecule has 0 aliphatic carbocycles. The van der Waals surface area contributed by atoms with Crippen LogP contribution >= 0.6 is 0 Å². The van der Waals surface area contributed by atoms with Crippen molar-refractivity contribution >= 4 is 0 Å². The number of rotatable bonds is 6. The molecule has 0 fully saturated rings. The predicted molar refractivity (Wildman–Crippen MR) is 65.0 cm³/mol. The van der Waals surface area contributed by atoms with Crippen LogP contribution in [0, 0.1) is 0 Å². The molecule has 0 heterocycles. The average molecular weight is 224 g/mol. The molecule has 1 aromatic carbocycles. The molecule has 1 rings (SSSR count). The van der Waals surface area contributed by atoms with Gasteiger partial charge >= 0.3 is 0 Å². The molecule has 0 aromatic heterocycles. The molecule has 2 N–H and O–H groups in total. The van der Waals surface area contributed by atoms with Gasteiger partial charge in [-0.05, 0) is 26.2 Å². The van der Waals surface area contributed by atoms with Crippen LogP contribution in [0.4, 0.5) is 0 Å². The number of nitrogens with two attached hydrogens (primary N) is 1. The van der Waals surface area contributed by atoms with E-state index in [9.17, 15) is 0 Å².